The van der Waals surface area contributed by atoms with E-state index in [1.54, 1.807) is 0 Å². The number of fused-ring (bicyclic) bond motifs is 1. The van der Waals surface area contributed by atoms with Crippen molar-refractivity contribution in [3.63, 3.8) is 0 Å². The average molecular weight is 302 g/mol. The van der Waals surface area contributed by atoms with Crippen molar-refractivity contribution in [1.82, 2.24) is 9.55 Å². The van der Waals surface area contributed by atoms with Crippen LogP contribution in [-0.2, 0) is 0 Å². The first kappa shape index (κ1) is 11.3. The molecule has 4 heteroatoms. The van der Waals surface area contributed by atoms with Crippen LogP contribution in [-0.4, -0.2) is 9.55 Å². The molecule has 1 aromatic heterocycles. The lowest BCUT2D eigenvalue weighted by Crippen LogP contribution is -1.95. The Kier molecular flexibility index (Phi) is 2.59. The van der Waals surface area contributed by atoms with Gasteiger partial charge in [-0.1, -0.05) is 22.0 Å². The van der Waals surface area contributed by atoms with Gasteiger partial charge >= 0.3 is 0 Å². The predicted molar refractivity (Wildman–Crippen MR) is 77.9 cm³/mol. The SMILES string of the molecule is Cc1c(Br)cccc1-n1cnc2cc(N)ccc21. The van der Waals surface area contributed by atoms with Crippen LogP contribution in [0.15, 0.2) is 47.2 Å². The number of nitrogens with zero attached hydrogens (tertiary/aromatic N) is 2. The molecule has 0 saturated heterocycles. The van der Waals surface area contributed by atoms with E-state index in [4.69, 9.17) is 5.73 Å². The summed E-state index contributed by atoms with van der Waals surface area (Å²) in [4.78, 5) is 4.39. The van der Waals surface area contributed by atoms with Crippen molar-refractivity contribution in [3.8, 4) is 5.69 Å². The van der Waals surface area contributed by atoms with E-state index in [1.165, 1.54) is 5.56 Å². The Labute approximate surface area is 113 Å². The summed E-state index contributed by atoms with van der Waals surface area (Å²) in [5.41, 5.74) is 10.8. The second-order valence-electron chi connectivity index (χ2n) is 4.25. The fraction of sp³-hybridized carbons (Fsp3) is 0.0714. The number of hydrogen-bond donors (Lipinski definition) is 1. The van der Waals surface area contributed by atoms with E-state index in [0.717, 1.165) is 26.9 Å². The zero-order valence-corrected chi connectivity index (χ0v) is 11.5. The van der Waals surface area contributed by atoms with Gasteiger partial charge in [0, 0.05) is 10.2 Å². The molecule has 90 valence electrons. The van der Waals surface area contributed by atoms with Gasteiger partial charge in [0.2, 0.25) is 0 Å². The van der Waals surface area contributed by atoms with E-state index in [-0.39, 0.29) is 0 Å². The number of nitrogens with two attached hydrogens (primary N) is 1. The minimum absolute atomic E-state index is 0.735. The molecule has 18 heavy (non-hydrogen) atoms. The lowest BCUT2D eigenvalue weighted by molar-refractivity contribution is 1.07. The normalized spacial score (nSPS) is 11.0. The second-order valence-corrected chi connectivity index (χ2v) is 5.10. The highest BCUT2D eigenvalue weighted by molar-refractivity contribution is 9.10. The molecule has 0 amide bonds. The van der Waals surface area contributed by atoms with Crippen LogP contribution >= 0.6 is 15.9 Å². The summed E-state index contributed by atoms with van der Waals surface area (Å²) in [6.45, 7) is 2.09. The highest BCUT2D eigenvalue weighted by Crippen LogP contribution is 2.26. The van der Waals surface area contributed by atoms with Crippen LogP contribution in [0.2, 0.25) is 0 Å². The van der Waals surface area contributed by atoms with Gasteiger partial charge in [-0.05, 0) is 42.8 Å². The fourth-order valence-electron chi connectivity index (χ4n) is 2.08. The van der Waals surface area contributed by atoms with Gasteiger partial charge < -0.3 is 5.73 Å². The van der Waals surface area contributed by atoms with Gasteiger partial charge in [0.05, 0.1) is 16.7 Å². The molecule has 0 saturated carbocycles. The molecule has 0 aliphatic heterocycles. The number of hydrogen-bond acceptors (Lipinski definition) is 2. The summed E-state index contributed by atoms with van der Waals surface area (Å²) < 4.78 is 3.17. The maximum Gasteiger partial charge on any atom is 0.100 e. The zero-order chi connectivity index (χ0) is 12.7. The summed E-state index contributed by atoms with van der Waals surface area (Å²) in [5, 5.41) is 0. The monoisotopic (exact) mass is 301 g/mol. The van der Waals surface area contributed by atoms with Gasteiger partial charge in [0.25, 0.3) is 0 Å². The molecule has 0 radical (unpaired) electrons. The first-order chi connectivity index (χ1) is 8.66. The highest BCUT2D eigenvalue weighted by atomic mass is 79.9. The minimum atomic E-state index is 0.735. The quantitative estimate of drug-likeness (QED) is 0.697. The fourth-order valence-corrected chi connectivity index (χ4v) is 2.43. The second kappa shape index (κ2) is 4.14. The van der Waals surface area contributed by atoms with Crippen LogP contribution in [0.1, 0.15) is 5.56 Å². The smallest absolute Gasteiger partial charge is 0.100 e. The lowest BCUT2D eigenvalue weighted by Gasteiger charge is -2.09. The number of halogens is 1. The van der Waals surface area contributed by atoms with Gasteiger partial charge in [-0.15, -0.1) is 0 Å². The molecule has 0 atom stereocenters. The Hall–Kier alpha value is -1.81. The topological polar surface area (TPSA) is 43.8 Å². The predicted octanol–water partition coefficient (Wildman–Crippen LogP) is 3.68. The Balaban J connectivity index is 2.29. The first-order valence-electron chi connectivity index (χ1n) is 5.65. The number of benzene rings is 2. The molecule has 0 aliphatic rings. The van der Waals surface area contributed by atoms with Crippen LogP contribution in [0.5, 0.6) is 0 Å². The minimum Gasteiger partial charge on any atom is -0.399 e. The molecule has 0 spiro atoms. The van der Waals surface area contributed by atoms with Crippen LogP contribution in [0.3, 0.4) is 0 Å². The number of aromatic nitrogens is 2. The molecule has 0 unspecified atom stereocenters. The molecule has 3 rings (SSSR count). The Morgan fingerprint density at radius 1 is 1.22 bits per heavy atom. The highest BCUT2D eigenvalue weighted by Gasteiger charge is 2.08. The number of anilines is 1. The standard InChI is InChI=1S/C14H12BrN3/c1-9-11(15)3-2-4-13(9)18-8-17-12-7-10(16)5-6-14(12)18/h2-8H,16H2,1H3. The van der Waals surface area contributed by atoms with Gasteiger partial charge in [-0.2, -0.15) is 0 Å². The Morgan fingerprint density at radius 2 is 2.06 bits per heavy atom. The molecule has 0 aliphatic carbocycles. The molecular weight excluding hydrogens is 290 g/mol. The van der Waals surface area contributed by atoms with Crippen molar-refractivity contribution in [2.24, 2.45) is 0 Å². The summed E-state index contributed by atoms with van der Waals surface area (Å²) >= 11 is 3.55. The molecule has 1 heterocycles. The third-order valence-corrected chi connectivity index (χ3v) is 3.93. The Morgan fingerprint density at radius 3 is 2.89 bits per heavy atom. The van der Waals surface area contributed by atoms with E-state index >= 15 is 0 Å². The average Bonchev–Trinajstić information content (AvgIpc) is 2.75. The van der Waals surface area contributed by atoms with Crippen LogP contribution in [0, 0.1) is 6.92 Å². The molecular formula is C14H12BrN3. The van der Waals surface area contributed by atoms with Gasteiger partial charge in [-0.3, -0.25) is 4.57 Å². The summed E-state index contributed by atoms with van der Waals surface area (Å²) in [6.07, 6.45) is 1.83. The van der Waals surface area contributed by atoms with Crippen molar-refractivity contribution in [2.75, 3.05) is 5.73 Å². The summed E-state index contributed by atoms with van der Waals surface area (Å²) in [5.74, 6) is 0. The van der Waals surface area contributed by atoms with Crippen LogP contribution in [0.4, 0.5) is 5.69 Å². The van der Waals surface area contributed by atoms with Crippen molar-refractivity contribution >= 4 is 32.7 Å². The number of nitrogen functional groups attached to an aromatic ring is 1. The summed E-state index contributed by atoms with van der Waals surface area (Å²) in [7, 11) is 0. The van der Waals surface area contributed by atoms with Gasteiger partial charge in [0.15, 0.2) is 0 Å². The molecule has 0 bridgehead atoms. The molecule has 2 aromatic carbocycles. The van der Waals surface area contributed by atoms with E-state index in [1.807, 2.05) is 36.7 Å². The third kappa shape index (κ3) is 1.69. The third-order valence-electron chi connectivity index (χ3n) is 3.07. The van der Waals surface area contributed by atoms with Crippen molar-refractivity contribution in [3.05, 3.63) is 52.8 Å². The van der Waals surface area contributed by atoms with E-state index in [9.17, 15) is 0 Å². The molecule has 0 fully saturated rings. The zero-order valence-electron chi connectivity index (χ0n) is 9.89. The number of rotatable bonds is 1. The molecule has 3 nitrogen and oxygen atoms in total. The molecule has 2 N–H and O–H groups in total. The summed E-state index contributed by atoms with van der Waals surface area (Å²) in [6, 6.07) is 11.9. The van der Waals surface area contributed by atoms with Crippen LogP contribution in [0.25, 0.3) is 16.7 Å². The van der Waals surface area contributed by atoms with Crippen molar-refractivity contribution in [1.29, 1.82) is 0 Å². The first-order valence-corrected chi connectivity index (χ1v) is 6.44. The maximum atomic E-state index is 5.77. The van der Waals surface area contributed by atoms with Gasteiger partial charge in [-0.25, -0.2) is 4.98 Å². The van der Waals surface area contributed by atoms with Crippen molar-refractivity contribution in [2.45, 2.75) is 6.92 Å². The van der Waals surface area contributed by atoms with Gasteiger partial charge in [0.1, 0.15) is 6.33 Å². The molecule has 3 aromatic rings. The maximum absolute atomic E-state index is 5.77. The number of imidazole rings is 1. The van der Waals surface area contributed by atoms with Crippen molar-refractivity contribution < 1.29 is 0 Å². The largest absolute Gasteiger partial charge is 0.399 e. The van der Waals surface area contributed by atoms with E-state index in [2.05, 4.69) is 38.5 Å². The van der Waals surface area contributed by atoms with Crippen LogP contribution < -0.4 is 5.73 Å². The lowest BCUT2D eigenvalue weighted by atomic mass is 10.2. The van der Waals surface area contributed by atoms with E-state index < -0.39 is 0 Å². The van der Waals surface area contributed by atoms with E-state index in [0.29, 0.717) is 0 Å². The Bertz CT molecular complexity index is 731.